The second-order valence-electron chi connectivity index (χ2n) is 5.25. The van der Waals surface area contributed by atoms with Crippen LogP contribution in [-0.2, 0) is 14.8 Å². The van der Waals surface area contributed by atoms with E-state index in [1.165, 1.54) is 12.1 Å². The second kappa shape index (κ2) is 6.11. The summed E-state index contributed by atoms with van der Waals surface area (Å²) in [5.41, 5.74) is 0.608. The van der Waals surface area contributed by atoms with E-state index in [-0.39, 0.29) is 13.0 Å². The van der Waals surface area contributed by atoms with E-state index in [0.29, 0.717) is 18.4 Å². The minimum absolute atomic E-state index is 0.104. The Labute approximate surface area is 123 Å². The second-order valence-corrected chi connectivity index (χ2v) is 7.11. The fourth-order valence-corrected chi connectivity index (χ4v) is 4.35. The fourth-order valence-electron chi connectivity index (χ4n) is 2.55. The molecule has 1 saturated heterocycles. The maximum absolute atomic E-state index is 13.9. The molecule has 1 aliphatic rings. The minimum Gasteiger partial charge on any atom is -0.480 e. The number of benzene rings is 1. The fraction of sp³-hybridized carbons (Fsp3) is 0.500. The van der Waals surface area contributed by atoms with Gasteiger partial charge in [0.25, 0.3) is 0 Å². The summed E-state index contributed by atoms with van der Waals surface area (Å²) >= 11 is 0. The summed E-state index contributed by atoms with van der Waals surface area (Å²) in [4.78, 5) is 10.9. The molecule has 116 valence electrons. The molecule has 0 spiro atoms. The first kappa shape index (κ1) is 15.9. The summed E-state index contributed by atoms with van der Waals surface area (Å²) in [5, 5.41) is 9.27. The maximum atomic E-state index is 13.9. The van der Waals surface area contributed by atoms with Crippen LogP contribution in [0.2, 0.25) is 0 Å². The van der Waals surface area contributed by atoms with Crippen molar-refractivity contribution in [2.75, 3.05) is 6.54 Å². The summed E-state index contributed by atoms with van der Waals surface area (Å²) in [6, 6.07) is 2.69. The van der Waals surface area contributed by atoms with Crippen LogP contribution < -0.4 is 0 Å². The number of halogens is 1. The summed E-state index contributed by atoms with van der Waals surface area (Å²) < 4.78 is 40.1. The Morgan fingerprint density at radius 3 is 2.71 bits per heavy atom. The molecule has 1 fully saturated rings. The number of sulfonamides is 1. The highest BCUT2D eigenvalue weighted by atomic mass is 32.2. The van der Waals surface area contributed by atoms with E-state index >= 15 is 0 Å². The summed E-state index contributed by atoms with van der Waals surface area (Å²) in [5.74, 6) is -2.04. The normalized spacial score (nSPS) is 21.0. The van der Waals surface area contributed by atoms with Gasteiger partial charge in [-0.25, -0.2) is 12.8 Å². The van der Waals surface area contributed by atoms with Crippen molar-refractivity contribution >= 4 is 16.0 Å². The number of nitrogens with zero attached hydrogens (tertiary/aromatic N) is 1. The molecule has 0 radical (unpaired) electrons. The Hall–Kier alpha value is -1.47. The molecule has 1 aromatic rings. The standard InChI is InChI=1S/C14H18FNO4S/c1-10-6-7-11(15)13(9-10)21(19,20)16-8-4-2-3-5-12(16)14(17)18/h6-7,9,12H,2-5,8H2,1H3,(H,17,18). The third-order valence-electron chi connectivity index (χ3n) is 3.66. The van der Waals surface area contributed by atoms with Crippen LogP contribution in [0, 0.1) is 12.7 Å². The van der Waals surface area contributed by atoms with Crippen molar-refractivity contribution in [3.05, 3.63) is 29.6 Å². The van der Waals surface area contributed by atoms with Crippen molar-refractivity contribution in [2.45, 2.75) is 43.5 Å². The molecule has 0 aliphatic carbocycles. The largest absolute Gasteiger partial charge is 0.480 e. The summed E-state index contributed by atoms with van der Waals surface area (Å²) in [7, 11) is -4.16. The van der Waals surface area contributed by atoms with E-state index in [2.05, 4.69) is 0 Å². The lowest BCUT2D eigenvalue weighted by Crippen LogP contribution is -2.44. The number of hydrogen-bond donors (Lipinski definition) is 1. The highest BCUT2D eigenvalue weighted by molar-refractivity contribution is 7.89. The third-order valence-corrected chi connectivity index (χ3v) is 5.59. The van der Waals surface area contributed by atoms with E-state index in [1.54, 1.807) is 6.92 Å². The molecule has 1 heterocycles. The van der Waals surface area contributed by atoms with Gasteiger partial charge in [-0.05, 0) is 37.5 Å². The first-order valence-corrected chi connectivity index (χ1v) is 8.29. The van der Waals surface area contributed by atoms with Gasteiger partial charge in [0, 0.05) is 6.54 Å². The third kappa shape index (κ3) is 3.24. The quantitative estimate of drug-likeness (QED) is 0.927. The van der Waals surface area contributed by atoms with Crippen LogP contribution >= 0.6 is 0 Å². The van der Waals surface area contributed by atoms with Crippen molar-refractivity contribution in [1.29, 1.82) is 0 Å². The van der Waals surface area contributed by atoms with Crippen LogP contribution in [0.25, 0.3) is 0 Å². The molecule has 1 aromatic carbocycles. The number of carboxylic acids is 1. The Balaban J connectivity index is 2.49. The maximum Gasteiger partial charge on any atom is 0.322 e. The van der Waals surface area contributed by atoms with E-state index < -0.39 is 32.7 Å². The molecule has 0 aromatic heterocycles. The highest BCUT2D eigenvalue weighted by Crippen LogP contribution is 2.27. The van der Waals surface area contributed by atoms with Gasteiger partial charge < -0.3 is 5.11 Å². The molecule has 1 atom stereocenters. The van der Waals surface area contributed by atoms with Crippen molar-refractivity contribution in [2.24, 2.45) is 0 Å². The molecule has 0 saturated carbocycles. The zero-order valence-electron chi connectivity index (χ0n) is 11.8. The highest BCUT2D eigenvalue weighted by Gasteiger charge is 2.37. The van der Waals surface area contributed by atoms with Gasteiger partial charge >= 0.3 is 5.97 Å². The zero-order chi connectivity index (χ0) is 15.6. The summed E-state index contributed by atoms with van der Waals surface area (Å²) in [6.07, 6.45) is 2.25. The van der Waals surface area contributed by atoms with Crippen molar-refractivity contribution in [1.82, 2.24) is 4.31 Å². The molecule has 7 heteroatoms. The van der Waals surface area contributed by atoms with Crippen LogP contribution in [0.5, 0.6) is 0 Å². The van der Waals surface area contributed by atoms with Crippen molar-refractivity contribution < 1.29 is 22.7 Å². The molecule has 0 bridgehead atoms. The topological polar surface area (TPSA) is 74.7 Å². The van der Waals surface area contributed by atoms with Gasteiger partial charge in [0.2, 0.25) is 10.0 Å². The lowest BCUT2D eigenvalue weighted by molar-refractivity contribution is -0.141. The van der Waals surface area contributed by atoms with Gasteiger partial charge in [-0.2, -0.15) is 4.31 Å². The van der Waals surface area contributed by atoms with Gasteiger partial charge in [-0.15, -0.1) is 0 Å². The number of aliphatic carboxylic acids is 1. The Kier molecular flexibility index (Phi) is 4.63. The van der Waals surface area contributed by atoms with E-state index in [9.17, 15) is 22.7 Å². The number of aryl methyl sites for hydroxylation is 1. The lowest BCUT2D eigenvalue weighted by Gasteiger charge is -2.26. The molecule has 1 unspecified atom stereocenters. The van der Waals surface area contributed by atoms with Crippen LogP contribution in [0.4, 0.5) is 4.39 Å². The van der Waals surface area contributed by atoms with E-state index in [0.717, 1.165) is 16.8 Å². The Bertz CT molecular complexity index is 644. The van der Waals surface area contributed by atoms with Crippen LogP contribution in [0.3, 0.4) is 0 Å². The molecule has 1 N–H and O–H groups in total. The predicted octanol–water partition coefficient (Wildman–Crippen LogP) is 2.15. The number of carboxylic acid groups (broad SMARTS) is 1. The van der Waals surface area contributed by atoms with Gasteiger partial charge in [0.15, 0.2) is 0 Å². The molecule has 2 rings (SSSR count). The van der Waals surface area contributed by atoms with E-state index in [4.69, 9.17) is 0 Å². The molecule has 1 aliphatic heterocycles. The molecular weight excluding hydrogens is 297 g/mol. The number of hydrogen-bond acceptors (Lipinski definition) is 3. The Morgan fingerprint density at radius 1 is 1.33 bits per heavy atom. The average molecular weight is 315 g/mol. The van der Waals surface area contributed by atoms with Crippen molar-refractivity contribution in [3.8, 4) is 0 Å². The summed E-state index contributed by atoms with van der Waals surface area (Å²) in [6.45, 7) is 1.77. The van der Waals surface area contributed by atoms with Crippen molar-refractivity contribution in [3.63, 3.8) is 0 Å². The minimum atomic E-state index is -4.16. The first-order valence-electron chi connectivity index (χ1n) is 6.85. The van der Waals surface area contributed by atoms with Gasteiger partial charge in [0.05, 0.1) is 0 Å². The monoisotopic (exact) mass is 315 g/mol. The lowest BCUT2D eigenvalue weighted by atomic mass is 10.1. The number of carbonyl (C=O) groups is 1. The molecule has 21 heavy (non-hydrogen) atoms. The molecule has 0 amide bonds. The number of rotatable bonds is 3. The molecule has 5 nitrogen and oxygen atoms in total. The van der Waals surface area contributed by atoms with Crippen LogP contribution in [0.1, 0.15) is 31.2 Å². The smallest absolute Gasteiger partial charge is 0.322 e. The van der Waals surface area contributed by atoms with Gasteiger partial charge in [0.1, 0.15) is 16.8 Å². The SMILES string of the molecule is Cc1ccc(F)c(S(=O)(=O)N2CCCCCC2C(=O)O)c1. The first-order chi connectivity index (χ1) is 9.84. The van der Waals surface area contributed by atoms with E-state index in [1.807, 2.05) is 0 Å². The molecular formula is C14H18FNO4S. The van der Waals surface area contributed by atoms with Gasteiger partial charge in [-0.3, -0.25) is 4.79 Å². The van der Waals surface area contributed by atoms with Crippen LogP contribution in [0.15, 0.2) is 23.1 Å². The Morgan fingerprint density at radius 2 is 2.05 bits per heavy atom. The van der Waals surface area contributed by atoms with Gasteiger partial charge in [-0.1, -0.05) is 18.9 Å². The average Bonchev–Trinajstić information content (AvgIpc) is 2.67. The van der Waals surface area contributed by atoms with Crippen LogP contribution in [-0.4, -0.2) is 36.4 Å². The predicted molar refractivity (Wildman–Crippen MR) is 74.9 cm³/mol. The zero-order valence-corrected chi connectivity index (χ0v) is 12.6.